The molecule has 2 saturated heterocycles. The third-order valence-corrected chi connectivity index (χ3v) is 5.63. The molecule has 1 N–H and O–H groups in total. The van der Waals surface area contributed by atoms with Crippen LogP contribution in [-0.4, -0.2) is 51.7 Å². The zero-order valence-corrected chi connectivity index (χ0v) is 19.4. The fourth-order valence-electron chi connectivity index (χ4n) is 3.81. The van der Waals surface area contributed by atoms with Gasteiger partial charge in [-0.2, -0.15) is 0 Å². The Morgan fingerprint density at radius 2 is 1.97 bits per heavy atom. The standard InChI is InChI=1S/C23H28BF2N3O4/c1-14-22(5,6)33-24(32-14)16-9-7-15(8-10-16)17-12-27-19(28-17)18-11-23(25,26)13-29(18)20(30)31-21(2,3)4/h7-10,12,18H,1,11,13H2,2-6H3,(H,27,28)/t18-/m0/s1. The second-order valence-electron chi connectivity index (χ2n) is 9.99. The second kappa shape index (κ2) is 7.86. The van der Waals surface area contributed by atoms with Crippen molar-refractivity contribution >= 4 is 18.7 Å². The predicted octanol–water partition coefficient (Wildman–Crippen LogP) is 4.43. The summed E-state index contributed by atoms with van der Waals surface area (Å²) in [6.07, 6.45) is 0.267. The van der Waals surface area contributed by atoms with Gasteiger partial charge in [0.25, 0.3) is 5.92 Å². The molecule has 1 atom stereocenters. The van der Waals surface area contributed by atoms with Crippen molar-refractivity contribution in [1.82, 2.24) is 14.9 Å². The first kappa shape index (κ1) is 23.3. The number of carbonyl (C=O) groups is 1. The van der Waals surface area contributed by atoms with Gasteiger partial charge in [0.05, 0.1) is 30.2 Å². The van der Waals surface area contributed by atoms with Crippen LogP contribution in [0, 0.1) is 0 Å². The van der Waals surface area contributed by atoms with E-state index < -0.39 is 49.3 Å². The number of halogens is 2. The van der Waals surface area contributed by atoms with Crippen molar-refractivity contribution in [3.63, 3.8) is 0 Å². The third kappa shape index (κ3) is 4.90. The summed E-state index contributed by atoms with van der Waals surface area (Å²) < 4.78 is 45.3. The monoisotopic (exact) mass is 459 g/mol. The smallest absolute Gasteiger partial charge is 0.534 e. The van der Waals surface area contributed by atoms with Crippen molar-refractivity contribution in [2.75, 3.05) is 6.54 Å². The number of amides is 1. The van der Waals surface area contributed by atoms with Crippen LogP contribution in [0.15, 0.2) is 42.8 Å². The van der Waals surface area contributed by atoms with Crippen molar-refractivity contribution in [1.29, 1.82) is 0 Å². The van der Waals surface area contributed by atoms with Gasteiger partial charge in [0.2, 0.25) is 0 Å². The van der Waals surface area contributed by atoms with Crippen LogP contribution in [0.3, 0.4) is 0 Å². The molecule has 3 heterocycles. The number of benzene rings is 1. The topological polar surface area (TPSA) is 76.7 Å². The summed E-state index contributed by atoms with van der Waals surface area (Å²) in [6.45, 7) is 12.0. The van der Waals surface area contributed by atoms with Crippen molar-refractivity contribution in [2.24, 2.45) is 0 Å². The Hall–Kier alpha value is -2.88. The summed E-state index contributed by atoms with van der Waals surface area (Å²) in [6, 6.07) is 6.55. The summed E-state index contributed by atoms with van der Waals surface area (Å²) in [5.74, 6) is -2.16. The fourth-order valence-corrected chi connectivity index (χ4v) is 3.81. The minimum absolute atomic E-state index is 0.289. The van der Waals surface area contributed by atoms with Gasteiger partial charge in [-0.15, -0.1) is 0 Å². The zero-order chi connectivity index (χ0) is 24.2. The number of hydrogen-bond acceptors (Lipinski definition) is 5. The number of hydrogen-bond donors (Lipinski definition) is 1. The lowest BCUT2D eigenvalue weighted by atomic mass is 9.79. The van der Waals surface area contributed by atoms with Crippen molar-refractivity contribution in [3.8, 4) is 11.3 Å². The van der Waals surface area contributed by atoms with Gasteiger partial charge < -0.3 is 19.0 Å². The summed E-state index contributed by atoms with van der Waals surface area (Å²) in [5.41, 5.74) is 0.933. The minimum atomic E-state index is -3.02. The van der Waals surface area contributed by atoms with E-state index in [4.69, 9.17) is 14.0 Å². The molecule has 0 aliphatic carbocycles. The number of nitrogens with zero attached hydrogens (tertiary/aromatic N) is 2. The van der Waals surface area contributed by atoms with E-state index in [2.05, 4.69) is 16.5 Å². The maximum atomic E-state index is 14.2. The van der Waals surface area contributed by atoms with E-state index in [9.17, 15) is 13.6 Å². The quantitative estimate of drug-likeness (QED) is 0.688. The first-order chi connectivity index (χ1) is 15.2. The highest BCUT2D eigenvalue weighted by molar-refractivity contribution is 6.62. The molecular formula is C23H28BF2N3O4. The number of H-pyrrole nitrogens is 1. The summed E-state index contributed by atoms with van der Waals surface area (Å²) >= 11 is 0. The first-order valence-corrected chi connectivity index (χ1v) is 10.8. The largest absolute Gasteiger partial charge is 0.563 e. The van der Waals surface area contributed by atoms with E-state index in [0.29, 0.717) is 11.5 Å². The molecule has 2 aliphatic rings. The predicted molar refractivity (Wildman–Crippen MR) is 120 cm³/mol. The Balaban J connectivity index is 1.52. The average molecular weight is 459 g/mol. The molecule has 2 aromatic rings. The normalized spacial score (nSPS) is 21.9. The molecule has 0 bridgehead atoms. The zero-order valence-electron chi connectivity index (χ0n) is 19.4. The van der Waals surface area contributed by atoms with Gasteiger partial charge in [0.15, 0.2) is 0 Å². The lowest BCUT2D eigenvalue weighted by Crippen LogP contribution is -2.38. The Morgan fingerprint density at radius 1 is 1.30 bits per heavy atom. The van der Waals surface area contributed by atoms with Gasteiger partial charge >= 0.3 is 13.2 Å². The molecule has 1 aromatic heterocycles. The molecule has 0 radical (unpaired) electrons. The number of rotatable bonds is 3. The lowest BCUT2D eigenvalue weighted by molar-refractivity contribution is -0.00248. The molecule has 0 spiro atoms. The van der Waals surface area contributed by atoms with E-state index in [0.717, 1.165) is 15.9 Å². The average Bonchev–Trinajstić information content (AvgIpc) is 3.37. The number of aromatic nitrogens is 2. The maximum absolute atomic E-state index is 14.2. The number of nitrogens with one attached hydrogen (secondary N) is 1. The maximum Gasteiger partial charge on any atom is 0.563 e. The van der Waals surface area contributed by atoms with E-state index in [1.54, 1.807) is 27.0 Å². The number of likely N-dealkylation sites (tertiary alicyclic amines) is 1. The highest BCUT2D eigenvalue weighted by Gasteiger charge is 2.50. The number of ether oxygens (including phenoxy) is 1. The molecule has 4 rings (SSSR count). The molecule has 7 nitrogen and oxygen atoms in total. The van der Waals surface area contributed by atoms with E-state index >= 15 is 0 Å². The number of imidazole rings is 1. The SMILES string of the molecule is C=C1OB(c2ccc(-c3cnc([C@@H]4CC(F)(F)CN4C(=O)OC(C)(C)C)[nH]3)cc2)OC1(C)C. The Morgan fingerprint density at radius 3 is 2.55 bits per heavy atom. The minimum Gasteiger partial charge on any atom is -0.534 e. The van der Waals surface area contributed by atoms with Gasteiger partial charge in [-0.25, -0.2) is 18.6 Å². The number of alkyl halides is 2. The van der Waals surface area contributed by atoms with Gasteiger partial charge in [-0.1, -0.05) is 30.8 Å². The molecule has 2 fully saturated rings. The molecule has 1 amide bonds. The summed E-state index contributed by atoms with van der Waals surface area (Å²) in [7, 11) is -0.540. The van der Waals surface area contributed by atoms with Gasteiger partial charge in [-0.3, -0.25) is 4.90 Å². The van der Waals surface area contributed by atoms with Crippen LogP contribution in [0.4, 0.5) is 13.6 Å². The van der Waals surface area contributed by atoms with Crippen molar-refractivity contribution in [2.45, 2.75) is 64.2 Å². The van der Waals surface area contributed by atoms with E-state index in [1.807, 2.05) is 38.1 Å². The second-order valence-corrected chi connectivity index (χ2v) is 9.99. The molecule has 176 valence electrons. The van der Waals surface area contributed by atoms with Crippen molar-refractivity contribution in [3.05, 3.63) is 48.6 Å². The fraction of sp³-hybridized carbons (Fsp3) is 0.478. The summed E-state index contributed by atoms with van der Waals surface area (Å²) in [5, 5.41) is 0. The van der Waals surface area contributed by atoms with Crippen LogP contribution in [0.2, 0.25) is 0 Å². The number of carbonyl (C=O) groups excluding carboxylic acids is 1. The van der Waals surface area contributed by atoms with E-state index in [-0.39, 0.29) is 5.82 Å². The molecule has 0 unspecified atom stereocenters. The lowest BCUT2D eigenvalue weighted by Gasteiger charge is -2.27. The molecule has 33 heavy (non-hydrogen) atoms. The first-order valence-electron chi connectivity index (χ1n) is 10.8. The van der Waals surface area contributed by atoms with Crippen LogP contribution in [0.1, 0.15) is 52.9 Å². The number of aromatic amines is 1. The van der Waals surface area contributed by atoms with Gasteiger partial charge in [-0.05, 0) is 45.6 Å². The van der Waals surface area contributed by atoms with Crippen LogP contribution in [0.5, 0.6) is 0 Å². The van der Waals surface area contributed by atoms with Crippen LogP contribution in [0.25, 0.3) is 11.3 Å². The molecule has 10 heteroatoms. The highest BCUT2D eigenvalue weighted by atomic mass is 19.3. The van der Waals surface area contributed by atoms with Gasteiger partial charge in [0.1, 0.15) is 17.0 Å². The van der Waals surface area contributed by atoms with Crippen LogP contribution >= 0.6 is 0 Å². The Bertz CT molecular complexity index is 1060. The molecule has 1 aromatic carbocycles. The highest BCUT2D eigenvalue weighted by Crippen LogP contribution is 2.41. The molecule has 0 saturated carbocycles. The third-order valence-electron chi connectivity index (χ3n) is 5.63. The van der Waals surface area contributed by atoms with Crippen molar-refractivity contribution < 1.29 is 27.6 Å². The Labute approximate surface area is 192 Å². The summed E-state index contributed by atoms with van der Waals surface area (Å²) in [4.78, 5) is 21.0. The van der Waals surface area contributed by atoms with Crippen LogP contribution in [-0.2, 0) is 14.0 Å². The Kier molecular flexibility index (Phi) is 5.55. The molecular weight excluding hydrogens is 431 g/mol. The van der Waals surface area contributed by atoms with E-state index in [1.165, 1.54) is 0 Å². The van der Waals surface area contributed by atoms with Crippen LogP contribution < -0.4 is 5.46 Å². The molecule has 2 aliphatic heterocycles. The van der Waals surface area contributed by atoms with Gasteiger partial charge in [0, 0.05) is 6.42 Å².